The highest BCUT2D eigenvalue weighted by atomic mass is 16.3. The predicted molar refractivity (Wildman–Crippen MR) is 69.0 cm³/mol. The summed E-state index contributed by atoms with van der Waals surface area (Å²) in [6, 6.07) is 5.22. The molecule has 5 nitrogen and oxygen atoms in total. The van der Waals surface area contributed by atoms with Crippen LogP contribution in [0.15, 0.2) is 18.2 Å². The molecule has 0 saturated heterocycles. The standard InChI is InChI=1S/C12H19N3O2/c1-2-15(7-4-8-16)10-6-3-5-9(11(10)13)12(14)17/h3,5-6,16H,2,4,7-8,13H2,1H3,(H2,14,17). The maximum Gasteiger partial charge on any atom is 0.250 e. The number of aliphatic hydroxyl groups is 1. The highest BCUT2D eigenvalue weighted by molar-refractivity contribution is 6.00. The summed E-state index contributed by atoms with van der Waals surface area (Å²) >= 11 is 0. The van der Waals surface area contributed by atoms with Crippen LogP contribution >= 0.6 is 0 Å². The van der Waals surface area contributed by atoms with Crippen LogP contribution in [0.3, 0.4) is 0 Å². The molecule has 0 atom stereocenters. The second-order valence-electron chi connectivity index (χ2n) is 3.76. The van der Waals surface area contributed by atoms with Crippen molar-refractivity contribution in [1.82, 2.24) is 0 Å². The second-order valence-corrected chi connectivity index (χ2v) is 3.76. The first-order valence-electron chi connectivity index (χ1n) is 5.65. The van der Waals surface area contributed by atoms with Crippen molar-refractivity contribution in [1.29, 1.82) is 0 Å². The largest absolute Gasteiger partial charge is 0.396 e. The van der Waals surface area contributed by atoms with E-state index in [4.69, 9.17) is 16.6 Å². The van der Waals surface area contributed by atoms with Crippen molar-refractivity contribution >= 4 is 17.3 Å². The number of nitrogens with two attached hydrogens (primary N) is 2. The number of hydrogen-bond acceptors (Lipinski definition) is 4. The van der Waals surface area contributed by atoms with Crippen LogP contribution in [0.2, 0.25) is 0 Å². The molecule has 1 aromatic carbocycles. The number of anilines is 2. The Hall–Kier alpha value is -1.75. The molecule has 0 aliphatic heterocycles. The monoisotopic (exact) mass is 237 g/mol. The molecule has 17 heavy (non-hydrogen) atoms. The average molecular weight is 237 g/mol. The van der Waals surface area contributed by atoms with E-state index >= 15 is 0 Å². The Kier molecular flexibility index (Phi) is 4.78. The quantitative estimate of drug-likeness (QED) is 0.631. The number of carbonyl (C=O) groups excluding carboxylic acids is 1. The molecule has 0 spiro atoms. The molecule has 5 N–H and O–H groups in total. The zero-order chi connectivity index (χ0) is 12.8. The first kappa shape index (κ1) is 13.3. The Morgan fingerprint density at radius 1 is 1.47 bits per heavy atom. The second kappa shape index (κ2) is 6.10. The Bertz CT molecular complexity index is 393. The van der Waals surface area contributed by atoms with E-state index in [1.54, 1.807) is 12.1 Å². The third-order valence-corrected chi connectivity index (χ3v) is 2.66. The lowest BCUT2D eigenvalue weighted by Gasteiger charge is -2.25. The van der Waals surface area contributed by atoms with E-state index < -0.39 is 5.91 Å². The molecule has 0 unspecified atom stereocenters. The van der Waals surface area contributed by atoms with E-state index in [9.17, 15) is 4.79 Å². The number of primary amides is 1. The number of nitrogen functional groups attached to an aromatic ring is 1. The van der Waals surface area contributed by atoms with Gasteiger partial charge in [-0.15, -0.1) is 0 Å². The van der Waals surface area contributed by atoms with Crippen LogP contribution in [0, 0.1) is 0 Å². The van der Waals surface area contributed by atoms with Gasteiger partial charge in [-0.05, 0) is 25.5 Å². The minimum Gasteiger partial charge on any atom is -0.396 e. The smallest absolute Gasteiger partial charge is 0.250 e. The third-order valence-electron chi connectivity index (χ3n) is 2.66. The zero-order valence-electron chi connectivity index (χ0n) is 10.0. The summed E-state index contributed by atoms with van der Waals surface area (Å²) in [4.78, 5) is 13.2. The van der Waals surface area contributed by atoms with E-state index in [0.29, 0.717) is 24.2 Å². The number of para-hydroxylation sites is 1. The van der Waals surface area contributed by atoms with Crippen molar-refractivity contribution in [3.8, 4) is 0 Å². The Balaban J connectivity index is 3.03. The lowest BCUT2D eigenvalue weighted by atomic mass is 10.1. The predicted octanol–water partition coefficient (Wildman–Crippen LogP) is 0.576. The van der Waals surface area contributed by atoms with Gasteiger partial charge in [-0.3, -0.25) is 4.79 Å². The maximum absolute atomic E-state index is 11.2. The number of hydrogen-bond donors (Lipinski definition) is 3. The van der Waals surface area contributed by atoms with Gasteiger partial charge in [0, 0.05) is 19.7 Å². The van der Waals surface area contributed by atoms with Crippen molar-refractivity contribution in [3.63, 3.8) is 0 Å². The van der Waals surface area contributed by atoms with E-state index in [-0.39, 0.29) is 6.61 Å². The molecule has 1 aromatic rings. The lowest BCUT2D eigenvalue weighted by Crippen LogP contribution is -2.26. The number of carbonyl (C=O) groups is 1. The number of nitrogens with zero attached hydrogens (tertiary/aromatic N) is 1. The fourth-order valence-corrected chi connectivity index (χ4v) is 1.75. The topological polar surface area (TPSA) is 92.6 Å². The first-order valence-corrected chi connectivity index (χ1v) is 5.65. The molecular weight excluding hydrogens is 218 g/mol. The van der Waals surface area contributed by atoms with Crippen LogP contribution < -0.4 is 16.4 Å². The molecule has 0 radical (unpaired) electrons. The summed E-state index contributed by atoms with van der Waals surface area (Å²) < 4.78 is 0. The third kappa shape index (κ3) is 3.10. The summed E-state index contributed by atoms with van der Waals surface area (Å²) in [6.07, 6.45) is 0.661. The molecule has 5 heteroatoms. The molecule has 94 valence electrons. The highest BCUT2D eigenvalue weighted by Crippen LogP contribution is 2.26. The molecule has 1 amide bonds. The van der Waals surface area contributed by atoms with Crippen LogP contribution in [0.5, 0.6) is 0 Å². The molecule has 0 aliphatic carbocycles. The van der Waals surface area contributed by atoms with Crippen LogP contribution in [0.25, 0.3) is 0 Å². The van der Waals surface area contributed by atoms with Gasteiger partial charge in [-0.1, -0.05) is 6.07 Å². The molecule has 0 aliphatic rings. The number of rotatable bonds is 6. The molecular formula is C12H19N3O2. The van der Waals surface area contributed by atoms with Crippen molar-refractivity contribution in [3.05, 3.63) is 23.8 Å². The summed E-state index contributed by atoms with van der Waals surface area (Å²) in [5.74, 6) is -0.525. The van der Waals surface area contributed by atoms with E-state index in [1.165, 1.54) is 0 Å². The van der Waals surface area contributed by atoms with E-state index in [0.717, 1.165) is 12.2 Å². The van der Waals surface area contributed by atoms with E-state index in [2.05, 4.69) is 0 Å². The molecule has 0 saturated carbocycles. The van der Waals surface area contributed by atoms with Crippen LogP contribution in [0.4, 0.5) is 11.4 Å². The van der Waals surface area contributed by atoms with Gasteiger partial charge in [-0.25, -0.2) is 0 Å². The summed E-state index contributed by atoms with van der Waals surface area (Å²) in [7, 11) is 0. The Morgan fingerprint density at radius 2 is 2.18 bits per heavy atom. The minimum atomic E-state index is -0.525. The number of aliphatic hydroxyl groups excluding tert-OH is 1. The maximum atomic E-state index is 11.2. The van der Waals surface area contributed by atoms with Gasteiger partial charge >= 0.3 is 0 Å². The zero-order valence-corrected chi connectivity index (χ0v) is 10.0. The molecule has 1 rings (SSSR count). The van der Waals surface area contributed by atoms with Gasteiger partial charge < -0.3 is 21.5 Å². The lowest BCUT2D eigenvalue weighted by molar-refractivity contribution is 0.100. The first-order chi connectivity index (χ1) is 8.11. The van der Waals surface area contributed by atoms with Gasteiger partial charge in [0.2, 0.25) is 0 Å². The summed E-state index contributed by atoms with van der Waals surface area (Å²) in [5, 5.41) is 8.84. The SMILES string of the molecule is CCN(CCCO)c1cccc(C(N)=O)c1N. The van der Waals surface area contributed by atoms with E-state index in [1.807, 2.05) is 17.9 Å². The Morgan fingerprint density at radius 3 is 2.71 bits per heavy atom. The number of amides is 1. The fourth-order valence-electron chi connectivity index (χ4n) is 1.75. The van der Waals surface area contributed by atoms with Gasteiger partial charge in [-0.2, -0.15) is 0 Å². The summed E-state index contributed by atoms with van der Waals surface area (Å²) in [5.41, 5.74) is 12.7. The van der Waals surface area contributed by atoms with Crippen LogP contribution in [-0.2, 0) is 0 Å². The van der Waals surface area contributed by atoms with Crippen molar-refractivity contribution in [2.24, 2.45) is 5.73 Å². The minimum absolute atomic E-state index is 0.131. The fraction of sp³-hybridized carbons (Fsp3) is 0.417. The molecule has 0 aromatic heterocycles. The molecule has 0 heterocycles. The van der Waals surface area contributed by atoms with Crippen molar-refractivity contribution in [2.45, 2.75) is 13.3 Å². The highest BCUT2D eigenvalue weighted by Gasteiger charge is 2.13. The average Bonchev–Trinajstić information content (AvgIpc) is 2.31. The van der Waals surface area contributed by atoms with Gasteiger partial charge in [0.15, 0.2) is 0 Å². The Labute approximate surface area is 101 Å². The number of benzene rings is 1. The van der Waals surface area contributed by atoms with Crippen LogP contribution in [0.1, 0.15) is 23.7 Å². The van der Waals surface area contributed by atoms with Crippen molar-refractivity contribution < 1.29 is 9.90 Å². The van der Waals surface area contributed by atoms with Gasteiger partial charge in [0.1, 0.15) is 0 Å². The van der Waals surface area contributed by atoms with Gasteiger partial charge in [0.05, 0.1) is 16.9 Å². The molecule has 0 fully saturated rings. The van der Waals surface area contributed by atoms with Crippen molar-refractivity contribution in [2.75, 3.05) is 30.3 Å². The van der Waals surface area contributed by atoms with Gasteiger partial charge in [0.25, 0.3) is 5.91 Å². The van der Waals surface area contributed by atoms with Crippen LogP contribution in [-0.4, -0.2) is 30.7 Å². The molecule has 0 bridgehead atoms. The normalized spacial score (nSPS) is 10.2. The summed E-state index contributed by atoms with van der Waals surface area (Å²) in [6.45, 7) is 3.57.